The molecule has 0 radical (unpaired) electrons. The molecule has 0 N–H and O–H groups in total. The van der Waals surface area contributed by atoms with Crippen molar-refractivity contribution in [2.24, 2.45) is 29.6 Å². The number of allylic oxidation sites excluding steroid dienone is 2. The van der Waals surface area contributed by atoms with E-state index in [2.05, 4.69) is 22.0 Å². The predicted octanol–water partition coefficient (Wildman–Crippen LogP) is 3.00. The average molecular weight is 286 g/mol. The molecule has 0 amide bonds. The highest BCUT2D eigenvalue weighted by Gasteiger charge is 2.43. The van der Waals surface area contributed by atoms with Gasteiger partial charge in [-0.05, 0) is 61.7 Å². The lowest BCUT2D eigenvalue weighted by molar-refractivity contribution is 0.0618. The Kier molecular flexibility index (Phi) is 3.19. The first-order valence-corrected chi connectivity index (χ1v) is 9.50. The highest BCUT2D eigenvalue weighted by molar-refractivity contribution is 5.10. The van der Waals surface area contributed by atoms with E-state index in [1.165, 1.54) is 58.4 Å². The largest absolute Gasteiger partial charge is 0.300 e. The normalized spacial score (nSPS) is 49.5. The fourth-order valence-corrected chi connectivity index (χ4v) is 6.37. The van der Waals surface area contributed by atoms with Gasteiger partial charge in [-0.1, -0.05) is 18.6 Å². The third-order valence-electron chi connectivity index (χ3n) is 7.49. The zero-order valence-corrected chi connectivity index (χ0v) is 13.3. The molecule has 3 saturated carbocycles. The summed E-state index contributed by atoms with van der Waals surface area (Å²) in [6, 6.07) is 0.969. The quantitative estimate of drug-likeness (QED) is 0.736. The number of hydrogen-bond donors (Lipinski definition) is 0. The summed E-state index contributed by atoms with van der Waals surface area (Å²) in [5.74, 6) is 5.01. The number of hydrogen-bond acceptors (Lipinski definition) is 2. The summed E-state index contributed by atoms with van der Waals surface area (Å²) in [5.41, 5.74) is 0. The Morgan fingerprint density at radius 2 is 1.76 bits per heavy atom. The summed E-state index contributed by atoms with van der Waals surface area (Å²) in [5, 5.41) is 0. The molecule has 21 heavy (non-hydrogen) atoms. The van der Waals surface area contributed by atoms with Crippen LogP contribution in [0.25, 0.3) is 0 Å². The summed E-state index contributed by atoms with van der Waals surface area (Å²) in [6.45, 7) is 6.77. The molecule has 5 rings (SSSR count). The summed E-state index contributed by atoms with van der Waals surface area (Å²) in [6.07, 6.45) is 14.1. The van der Waals surface area contributed by atoms with Gasteiger partial charge in [0, 0.05) is 38.8 Å². The van der Waals surface area contributed by atoms with E-state index in [4.69, 9.17) is 0 Å². The van der Waals surface area contributed by atoms with Crippen LogP contribution >= 0.6 is 0 Å². The Hall–Kier alpha value is -0.340. The van der Waals surface area contributed by atoms with E-state index < -0.39 is 0 Å². The van der Waals surface area contributed by atoms with E-state index in [0.29, 0.717) is 0 Å². The fraction of sp³-hybridized carbons (Fsp3) is 0.895. The maximum absolute atomic E-state index is 2.86. The summed E-state index contributed by atoms with van der Waals surface area (Å²) in [4.78, 5) is 5.64. The Bertz CT molecular complexity index is 423. The molecule has 0 aromatic heterocycles. The van der Waals surface area contributed by atoms with E-state index in [9.17, 15) is 0 Å². The van der Waals surface area contributed by atoms with Crippen molar-refractivity contribution in [2.75, 3.05) is 32.7 Å². The first-order valence-electron chi connectivity index (χ1n) is 9.50. The topological polar surface area (TPSA) is 6.48 Å². The molecule has 5 aliphatic rings. The molecule has 6 atom stereocenters. The minimum absolute atomic E-state index is 0.929. The number of rotatable bonds is 3. The molecule has 0 spiro atoms. The second-order valence-electron chi connectivity index (χ2n) is 8.62. The van der Waals surface area contributed by atoms with Gasteiger partial charge >= 0.3 is 0 Å². The van der Waals surface area contributed by atoms with Gasteiger partial charge < -0.3 is 4.90 Å². The van der Waals surface area contributed by atoms with Crippen LogP contribution in [0.5, 0.6) is 0 Å². The number of piperazine rings is 1. The van der Waals surface area contributed by atoms with Crippen molar-refractivity contribution < 1.29 is 0 Å². The fourth-order valence-electron chi connectivity index (χ4n) is 6.37. The Labute approximate surface area is 129 Å². The molecular weight excluding hydrogens is 256 g/mol. The Morgan fingerprint density at radius 3 is 2.38 bits per heavy atom. The van der Waals surface area contributed by atoms with Gasteiger partial charge in [-0.25, -0.2) is 0 Å². The smallest absolute Gasteiger partial charge is 0.0127 e. The second kappa shape index (κ2) is 5.09. The molecule has 4 bridgehead atoms. The molecule has 116 valence electrons. The molecule has 4 aliphatic carbocycles. The van der Waals surface area contributed by atoms with Crippen LogP contribution in [0.4, 0.5) is 0 Å². The first-order chi connectivity index (χ1) is 10.3. The van der Waals surface area contributed by atoms with Crippen molar-refractivity contribution in [2.45, 2.75) is 44.6 Å². The van der Waals surface area contributed by atoms with E-state index >= 15 is 0 Å². The summed E-state index contributed by atoms with van der Waals surface area (Å²) >= 11 is 0. The monoisotopic (exact) mass is 286 g/mol. The van der Waals surface area contributed by atoms with Gasteiger partial charge in [0.15, 0.2) is 0 Å². The minimum atomic E-state index is 0.929. The van der Waals surface area contributed by atoms with Crippen LogP contribution in [-0.2, 0) is 0 Å². The summed E-state index contributed by atoms with van der Waals surface area (Å²) in [7, 11) is 0. The van der Waals surface area contributed by atoms with Crippen LogP contribution in [0.1, 0.15) is 38.5 Å². The lowest BCUT2D eigenvalue weighted by Crippen LogP contribution is -2.52. The lowest BCUT2D eigenvalue weighted by Gasteiger charge is -2.42. The third-order valence-corrected chi connectivity index (χ3v) is 7.49. The third kappa shape index (κ3) is 2.30. The number of fused-ring (bicyclic) bond motifs is 4. The number of nitrogens with zero attached hydrogens (tertiary/aromatic N) is 2. The molecular formula is C19H30N2. The molecule has 0 aromatic rings. The molecule has 4 fully saturated rings. The van der Waals surface area contributed by atoms with Gasteiger partial charge in [0.2, 0.25) is 0 Å². The SMILES string of the molecule is C1=C[C@H]2C[C@H]1C[C@H]2CN1CCN([C@H]2C[C@H]3CC[C@@H]2C3)CC1. The van der Waals surface area contributed by atoms with Gasteiger partial charge in [0.25, 0.3) is 0 Å². The van der Waals surface area contributed by atoms with Crippen molar-refractivity contribution in [3.05, 3.63) is 12.2 Å². The highest BCUT2D eigenvalue weighted by atomic mass is 15.3. The maximum Gasteiger partial charge on any atom is 0.0127 e. The van der Waals surface area contributed by atoms with Gasteiger partial charge in [-0.2, -0.15) is 0 Å². The standard InChI is InChI=1S/C19H30N2/c1-3-16-9-14(1)11-18(16)13-20-5-7-21(8-6-20)19-12-15-2-4-17(19)10-15/h1,3,14-19H,2,4-13H2/t14-,15-,16-,17+,18-,19-/m0/s1. The van der Waals surface area contributed by atoms with Crippen molar-refractivity contribution >= 4 is 0 Å². The average Bonchev–Trinajstić information content (AvgIpc) is 3.28. The molecule has 1 heterocycles. The molecule has 1 aliphatic heterocycles. The van der Waals surface area contributed by atoms with Crippen LogP contribution in [0.2, 0.25) is 0 Å². The van der Waals surface area contributed by atoms with E-state index in [1.807, 2.05) is 0 Å². The van der Waals surface area contributed by atoms with Gasteiger partial charge in [0.05, 0.1) is 0 Å². The van der Waals surface area contributed by atoms with Crippen LogP contribution in [0.15, 0.2) is 12.2 Å². The van der Waals surface area contributed by atoms with Crippen molar-refractivity contribution in [1.29, 1.82) is 0 Å². The molecule has 1 saturated heterocycles. The molecule has 0 aromatic carbocycles. The van der Waals surface area contributed by atoms with E-state index in [-0.39, 0.29) is 0 Å². The summed E-state index contributed by atoms with van der Waals surface area (Å²) < 4.78 is 0. The Balaban J connectivity index is 1.13. The van der Waals surface area contributed by atoms with Crippen LogP contribution in [0.3, 0.4) is 0 Å². The van der Waals surface area contributed by atoms with Gasteiger partial charge in [-0.3, -0.25) is 4.90 Å². The van der Waals surface area contributed by atoms with E-state index in [0.717, 1.165) is 35.6 Å². The van der Waals surface area contributed by atoms with Crippen molar-refractivity contribution in [3.8, 4) is 0 Å². The lowest BCUT2D eigenvalue weighted by atomic mass is 9.92. The maximum atomic E-state index is 2.86. The van der Waals surface area contributed by atoms with Crippen LogP contribution < -0.4 is 0 Å². The second-order valence-corrected chi connectivity index (χ2v) is 8.62. The predicted molar refractivity (Wildman–Crippen MR) is 86.1 cm³/mol. The minimum Gasteiger partial charge on any atom is -0.300 e. The first kappa shape index (κ1) is 13.1. The zero-order valence-electron chi connectivity index (χ0n) is 13.3. The van der Waals surface area contributed by atoms with Gasteiger partial charge in [0.1, 0.15) is 0 Å². The van der Waals surface area contributed by atoms with E-state index in [1.54, 1.807) is 12.8 Å². The molecule has 2 nitrogen and oxygen atoms in total. The van der Waals surface area contributed by atoms with Crippen molar-refractivity contribution in [1.82, 2.24) is 9.80 Å². The van der Waals surface area contributed by atoms with Crippen LogP contribution in [-0.4, -0.2) is 48.6 Å². The Morgan fingerprint density at radius 1 is 0.857 bits per heavy atom. The molecule has 0 unspecified atom stereocenters. The van der Waals surface area contributed by atoms with Crippen molar-refractivity contribution in [3.63, 3.8) is 0 Å². The highest BCUT2D eigenvalue weighted by Crippen LogP contribution is 2.47. The van der Waals surface area contributed by atoms with Crippen LogP contribution in [0, 0.1) is 29.6 Å². The molecule has 2 heteroatoms. The zero-order chi connectivity index (χ0) is 13.8. The van der Waals surface area contributed by atoms with Gasteiger partial charge in [-0.15, -0.1) is 0 Å².